The fraction of sp³-hybridized carbons (Fsp3) is 0.333. The molecule has 1 aromatic rings. The summed E-state index contributed by atoms with van der Waals surface area (Å²) < 4.78 is 0. The highest BCUT2D eigenvalue weighted by Gasteiger charge is 2.06. The second-order valence-corrected chi connectivity index (χ2v) is 3.23. The van der Waals surface area contributed by atoms with Crippen molar-refractivity contribution in [2.75, 3.05) is 7.05 Å². The molecule has 0 heterocycles. The lowest BCUT2D eigenvalue weighted by atomic mass is 10.1. The lowest BCUT2D eigenvalue weighted by molar-refractivity contribution is 0.361. The van der Waals surface area contributed by atoms with E-state index in [-0.39, 0.29) is 0 Å². The van der Waals surface area contributed by atoms with Crippen LogP contribution in [0.15, 0.2) is 42.6 Å². The van der Waals surface area contributed by atoms with Gasteiger partial charge < -0.3 is 4.90 Å². The van der Waals surface area contributed by atoms with Crippen molar-refractivity contribution in [3.63, 3.8) is 0 Å². The van der Waals surface area contributed by atoms with Crippen LogP contribution in [0.3, 0.4) is 0 Å². The van der Waals surface area contributed by atoms with E-state index >= 15 is 0 Å². The SMILES string of the molecule is C/C=C/N(C)[C@H](C)c1ccccc1. The van der Waals surface area contributed by atoms with Gasteiger partial charge in [-0.2, -0.15) is 0 Å². The molecule has 1 rings (SSSR count). The lowest BCUT2D eigenvalue weighted by Gasteiger charge is -2.23. The average Bonchev–Trinajstić information content (AvgIpc) is 2.18. The molecule has 0 unspecified atom stereocenters. The van der Waals surface area contributed by atoms with Crippen LogP contribution in [0.2, 0.25) is 0 Å². The molecule has 0 aliphatic heterocycles. The zero-order valence-corrected chi connectivity index (χ0v) is 8.57. The van der Waals surface area contributed by atoms with E-state index in [0.29, 0.717) is 6.04 Å². The Morgan fingerprint density at radius 1 is 1.23 bits per heavy atom. The smallest absolute Gasteiger partial charge is 0.0505 e. The maximum atomic E-state index is 2.20. The van der Waals surface area contributed by atoms with Gasteiger partial charge in [-0.05, 0) is 25.6 Å². The summed E-state index contributed by atoms with van der Waals surface area (Å²) in [5, 5.41) is 0. The predicted molar refractivity (Wildman–Crippen MR) is 57.4 cm³/mol. The summed E-state index contributed by atoms with van der Waals surface area (Å²) in [6, 6.07) is 11.0. The van der Waals surface area contributed by atoms with Crippen LogP contribution in [0.25, 0.3) is 0 Å². The van der Waals surface area contributed by atoms with Crippen molar-refractivity contribution in [1.82, 2.24) is 4.90 Å². The first-order valence-corrected chi connectivity index (χ1v) is 4.65. The Kier molecular flexibility index (Phi) is 3.56. The molecular formula is C12H17N. The van der Waals surface area contributed by atoms with Crippen molar-refractivity contribution in [3.8, 4) is 0 Å². The minimum absolute atomic E-state index is 0.442. The Morgan fingerprint density at radius 2 is 1.85 bits per heavy atom. The molecule has 0 aliphatic carbocycles. The fourth-order valence-electron chi connectivity index (χ4n) is 1.33. The van der Waals surface area contributed by atoms with E-state index in [1.165, 1.54) is 5.56 Å². The molecule has 0 saturated heterocycles. The van der Waals surface area contributed by atoms with Gasteiger partial charge in [-0.1, -0.05) is 36.4 Å². The zero-order valence-electron chi connectivity index (χ0n) is 8.57. The minimum Gasteiger partial charge on any atom is -0.374 e. The van der Waals surface area contributed by atoms with Gasteiger partial charge in [0.05, 0.1) is 6.04 Å². The van der Waals surface area contributed by atoms with Crippen molar-refractivity contribution >= 4 is 0 Å². The van der Waals surface area contributed by atoms with Gasteiger partial charge in [0.1, 0.15) is 0 Å². The summed E-state index contributed by atoms with van der Waals surface area (Å²) >= 11 is 0. The molecule has 1 nitrogen and oxygen atoms in total. The van der Waals surface area contributed by atoms with Crippen molar-refractivity contribution in [2.24, 2.45) is 0 Å². The predicted octanol–water partition coefficient (Wildman–Crippen LogP) is 3.21. The van der Waals surface area contributed by atoms with Gasteiger partial charge in [-0.25, -0.2) is 0 Å². The third-order valence-corrected chi connectivity index (χ3v) is 2.28. The average molecular weight is 175 g/mol. The standard InChI is InChI=1S/C12H17N/c1-4-10-13(3)11(2)12-8-6-5-7-9-12/h4-11H,1-3H3/b10-4+/t11-/m1/s1. The largest absolute Gasteiger partial charge is 0.374 e. The summed E-state index contributed by atoms with van der Waals surface area (Å²) in [7, 11) is 2.09. The van der Waals surface area contributed by atoms with Gasteiger partial charge >= 0.3 is 0 Å². The maximum Gasteiger partial charge on any atom is 0.0505 e. The molecule has 0 fully saturated rings. The summed E-state index contributed by atoms with van der Waals surface area (Å²) in [6.45, 7) is 4.24. The summed E-state index contributed by atoms with van der Waals surface area (Å²) in [5.41, 5.74) is 1.35. The zero-order chi connectivity index (χ0) is 9.68. The van der Waals surface area contributed by atoms with Crippen LogP contribution in [-0.4, -0.2) is 11.9 Å². The van der Waals surface area contributed by atoms with Gasteiger partial charge in [0, 0.05) is 7.05 Å². The molecule has 0 radical (unpaired) electrons. The van der Waals surface area contributed by atoms with Gasteiger partial charge in [-0.15, -0.1) is 0 Å². The van der Waals surface area contributed by atoms with Crippen molar-refractivity contribution < 1.29 is 0 Å². The molecule has 1 aromatic carbocycles. The van der Waals surface area contributed by atoms with Crippen LogP contribution in [0, 0.1) is 0 Å². The van der Waals surface area contributed by atoms with Gasteiger partial charge in [-0.3, -0.25) is 0 Å². The molecule has 0 amide bonds. The Labute approximate surface area is 80.7 Å². The van der Waals surface area contributed by atoms with Crippen molar-refractivity contribution in [2.45, 2.75) is 19.9 Å². The van der Waals surface area contributed by atoms with Crippen LogP contribution in [0.5, 0.6) is 0 Å². The van der Waals surface area contributed by atoms with Crippen molar-refractivity contribution in [1.29, 1.82) is 0 Å². The number of rotatable bonds is 3. The Bertz CT molecular complexity index is 264. The van der Waals surface area contributed by atoms with E-state index in [4.69, 9.17) is 0 Å². The normalized spacial score (nSPS) is 13.2. The molecule has 0 aromatic heterocycles. The number of nitrogens with zero attached hydrogens (tertiary/aromatic N) is 1. The highest BCUT2D eigenvalue weighted by atomic mass is 15.1. The number of benzene rings is 1. The van der Waals surface area contributed by atoms with E-state index in [2.05, 4.69) is 55.4 Å². The number of hydrogen-bond acceptors (Lipinski definition) is 1. The summed E-state index contributed by atoms with van der Waals surface area (Å²) in [5.74, 6) is 0. The molecule has 0 bridgehead atoms. The molecule has 0 N–H and O–H groups in total. The first kappa shape index (κ1) is 9.85. The minimum atomic E-state index is 0.442. The first-order chi connectivity index (χ1) is 6.25. The summed E-state index contributed by atoms with van der Waals surface area (Å²) in [4.78, 5) is 2.20. The highest BCUT2D eigenvalue weighted by Crippen LogP contribution is 2.17. The lowest BCUT2D eigenvalue weighted by Crippen LogP contribution is -2.15. The number of allylic oxidation sites excluding steroid dienone is 1. The van der Waals surface area contributed by atoms with Crippen LogP contribution >= 0.6 is 0 Å². The highest BCUT2D eigenvalue weighted by molar-refractivity contribution is 5.18. The fourth-order valence-corrected chi connectivity index (χ4v) is 1.33. The third-order valence-electron chi connectivity index (χ3n) is 2.28. The molecule has 1 heteroatoms. The van der Waals surface area contributed by atoms with E-state index in [1.54, 1.807) is 0 Å². The second kappa shape index (κ2) is 4.70. The molecular weight excluding hydrogens is 158 g/mol. The van der Waals surface area contributed by atoms with E-state index < -0.39 is 0 Å². The quantitative estimate of drug-likeness (QED) is 0.681. The van der Waals surface area contributed by atoms with Crippen LogP contribution in [-0.2, 0) is 0 Å². The monoisotopic (exact) mass is 175 g/mol. The van der Waals surface area contributed by atoms with Crippen LogP contribution < -0.4 is 0 Å². The van der Waals surface area contributed by atoms with Gasteiger partial charge in [0.25, 0.3) is 0 Å². The van der Waals surface area contributed by atoms with E-state index in [1.807, 2.05) is 13.0 Å². The molecule has 1 atom stereocenters. The topological polar surface area (TPSA) is 3.24 Å². The third kappa shape index (κ3) is 2.62. The Morgan fingerprint density at radius 3 is 2.38 bits per heavy atom. The molecule has 13 heavy (non-hydrogen) atoms. The van der Waals surface area contributed by atoms with E-state index in [0.717, 1.165) is 0 Å². The Hall–Kier alpha value is -1.24. The van der Waals surface area contributed by atoms with Gasteiger partial charge in [0.2, 0.25) is 0 Å². The maximum absolute atomic E-state index is 2.20. The molecule has 70 valence electrons. The van der Waals surface area contributed by atoms with Gasteiger partial charge in [0.15, 0.2) is 0 Å². The molecule has 0 spiro atoms. The number of hydrogen-bond donors (Lipinski definition) is 0. The van der Waals surface area contributed by atoms with Crippen LogP contribution in [0.1, 0.15) is 25.5 Å². The van der Waals surface area contributed by atoms with Crippen molar-refractivity contribution in [3.05, 3.63) is 48.2 Å². The second-order valence-electron chi connectivity index (χ2n) is 3.23. The molecule has 0 saturated carbocycles. The Balaban J connectivity index is 2.73. The summed E-state index contributed by atoms with van der Waals surface area (Å²) in [6.07, 6.45) is 4.15. The first-order valence-electron chi connectivity index (χ1n) is 4.65. The van der Waals surface area contributed by atoms with Crippen LogP contribution in [0.4, 0.5) is 0 Å². The van der Waals surface area contributed by atoms with E-state index in [9.17, 15) is 0 Å². The molecule has 0 aliphatic rings.